The second kappa shape index (κ2) is 5.61. The molecule has 19 heavy (non-hydrogen) atoms. The topological polar surface area (TPSA) is 62.3 Å². The van der Waals surface area contributed by atoms with Gasteiger partial charge in [0.15, 0.2) is 0 Å². The average Bonchev–Trinajstić information content (AvgIpc) is 3.21. The van der Waals surface area contributed by atoms with Crippen LogP contribution in [0.4, 0.5) is 0 Å². The molecule has 1 unspecified atom stereocenters. The second-order valence-corrected chi connectivity index (χ2v) is 5.43. The second-order valence-electron chi connectivity index (χ2n) is 5.43. The van der Waals surface area contributed by atoms with E-state index in [4.69, 9.17) is 15.9 Å². The number of nitrogens with two attached hydrogens (primary N) is 1. The van der Waals surface area contributed by atoms with Gasteiger partial charge in [0, 0.05) is 23.7 Å². The van der Waals surface area contributed by atoms with Crippen molar-refractivity contribution < 1.29 is 4.74 Å². The van der Waals surface area contributed by atoms with Crippen LogP contribution in [0.2, 0.25) is 0 Å². The van der Waals surface area contributed by atoms with Crippen molar-refractivity contribution in [1.29, 1.82) is 5.41 Å². The van der Waals surface area contributed by atoms with Crippen LogP contribution in [-0.2, 0) is 6.54 Å². The van der Waals surface area contributed by atoms with Crippen LogP contribution >= 0.6 is 0 Å². The van der Waals surface area contributed by atoms with Gasteiger partial charge in [-0.25, -0.2) is 0 Å². The van der Waals surface area contributed by atoms with Crippen molar-refractivity contribution >= 4 is 5.84 Å². The molecule has 1 fully saturated rings. The lowest BCUT2D eigenvalue weighted by Gasteiger charge is -2.25. The number of rotatable bonds is 6. The fourth-order valence-electron chi connectivity index (χ4n) is 2.42. The van der Waals surface area contributed by atoms with Gasteiger partial charge in [0.2, 0.25) is 0 Å². The highest BCUT2D eigenvalue weighted by Crippen LogP contribution is 2.35. The van der Waals surface area contributed by atoms with E-state index in [1.165, 1.54) is 12.8 Å². The number of benzene rings is 1. The number of nitrogen functional groups attached to an aromatic ring is 1. The molecule has 0 aliphatic heterocycles. The highest BCUT2D eigenvalue weighted by atomic mass is 16.5. The first-order valence-corrected chi connectivity index (χ1v) is 6.74. The standard InChI is InChI=1S/C15H23N3O/c1-10(11-4-5-11)18(2)9-13-8-12(15(16)17)6-7-14(13)19-3/h6-8,10-11H,4-5,9H2,1-3H3,(H3,16,17). The van der Waals surface area contributed by atoms with E-state index in [1.54, 1.807) is 7.11 Å². The van der Waals surface area contributed by atoms with Crippen LogP contribution in [-0.4, -0.2) is 30.9 Å². The number of ether oxygens (including phenoxy) is 1. The Morgan fingerprint density at radius 1 is 1.53 bits per heavy atom. The van der Waals surface area contributed by atoms with Crippen LogP contribution < -0.4 is 10.5 Å². The smallest absolute Gasteiger partial charge is 0.123 e. The van der Waals surface area contributed by atoms with Gasteiger partial charge < -0.3 is 10.5 Å². The van der Waals surface area contributed by atoms with Crippen molar-refractivity contribution in [1.82, 2.24) is 4.90 Å². The van der Waals surface area contributed by atoms with Crippen LogP contribution in [0.1, 0.15) is 30.9 Å². The minimum Gasteiger partial charge on any atom is -0.496 e. The van der Waals surface area contributed by atoms with E-state index in [0.717, 1.165) is 29.3 Å². The van der Waals surface area contributed by atoms with Crippen molar-refractivity contribution in [2.75, 3.05) is 14.2 Å². The van der Waals surface area contributed by atoms with E-state index in [-0.39, 0.29) is 5.84 Å². The van der Waals surface area contributed by atoms with E-state index in [0.29, 0.717) is 6.04 Å². The molecule has 4 heteroatoms. The lowest BCUT2D eigenvalue weighted by atomic mass is 10.1. The molecule has 1 aromatic rings. The van der Waals surface area contributed by atoms with Gasteiger partial charge in [0.1, 0.15) is 11.6 Å². The molecule has 0 radical (unpaired) electrons. The maximum atomic E-state index is 7.53. The SMILES string of the molecule is COc1ccc(C(=N)N)cc1CN(C)C(C)C1CC1. The quantitative estimate of drug-likeness (QED) is 0.609. The number of hydrogen-bond acceptors (Lipinski definition) is 3. The predicted molar refractivity (Wildman–Crippen MR) is 77.7 cm³/mol. The number of hydrogen-bond donors (Lipinski definition) is 2. The normalized spacial score (nSPS) is 16.4. The molecule has 1 aliphatic carbocycles. The molecule has 4 nitrogen and oxygen atoms in total. The number of amidine groups is 1. The zero-order valence-corrected chi connectivity index (χ0v) is 11.9. The Labute approximate surface area is 115 Å². The molecular formula is C15H23N3O. The van der Waals surface area contributed by atoms with Crippen LogP contribution in [0.5, 0.6) is 5.75 Å². The van der Waals surface area contributed by atoms with Crippen LogP contribution in [0.25, 0.3) is 0 Å². The summed E-state index contributed by atoms with van der Waals surface area (Å²) in [5, 5.41) is 7.53. The molecule has 1 saturated carbocycles. The van der Waals surface area contributed by atoms with E-state index < -0.39 is 0 Å². The highest BCUT2D eigenvalue weighted by Gasteiger charge is 2.30. The van der Waals surface area contributed by atoms with Gasteiger partial charge >= 0.3 is 0 Å². The Kier molecular flexibility index (Phi) is 4.10. The van der Waals surface area contributed by atoms with Gasteiger partial charge in [0.05, 0.1) is 7.11 Å². The molecule has 1 atom stereocenters. The molecule has 0 aromatic heterocycles. The van der Waals surface area contributed by atoms with Gasteiger partial charge in [-0.3, -0.25) is 10.3 Å². The first-order chi connectivity index (χ1) is 9.02. The summed E-state index contributed by atoms with van der Waals surface area (Å²) in [7, 11) is 3.82. The summed E-state index contributed by atoms with van der Waals surface area (Å²) in [5.74, 6) is 1.80. The summed E-state index contributed by atoms with van der Waals surface area (Å²) in [4.78, 5) is 2.35. The van der Waals surface area contributed by atoms with Crippen molar-refractivity contribution in [2.45, 2.75) is 32.4 Å². The van der Waals surface area contributed by atoms with Crippen LogP contribution in [0.15, 0.2) is 18.2 Å². The van der Waals surface area contributed by atoms with E-state index in [9.17, 15) is 0 Å². The number of nitrogens with zero attached hydrogens (tertiary/aromatic N) is 1. The summed E-state index contributed by atoms with van der Waals surface area (Å²) in [5.41, 5.74) is 7.39. The fraction of sp³-hybridized carbons (Fsp3) is 0.533. The monoisotopic (exact) mass is 261 g/mol. The van der Waals surface area contributed by atoms with Gasteiger partial charge in [0.25, 0.3) is 0 Å². The molecule has 0 saturated heterocycles. The molecule has 2 rings (SSSR count). The third-order valence-corrected chi connectivity index (χ3v) is 4.01. The highest BCUT2D eigenvalue weighted by molar-refractivity contribution is 5.95. The van der Waals surface area contributed by atoms with E-state index in [1.807, 2.05) is 18.2 Å². The lowest BCUT2D eigenvalue weighted by Crippen LogP contribution is -2.30. The first-order valence-electron chi connectivity index (χ1n) is 6.74. The number of nitrogens with one attached hydrogen (secondary N) is 1. The Morgan fingerprint density at radius 2 is 2.21 bits per heavy atom. The molecule has 0 bridgehead atoms. The van der Waals surface area contributed by atoms with Crippen molar-refractivity contribution in [3.63, 3.8) is 0 Å². The molecule has 1 aliphatic rings. The minimum absolute atomic E-state index is 0.0989. The van der Waals surface area contributed by atoms with Crippen LogP contribution in [0.3, 0.4) is 0 Å². The maximum Gasteiger partial charge on any atom is 0.123 e. The Hall–Kier alpha value is -1.55. The molecular weight excluding hydrogens is 238 g/mol. The minimum atomic E-state index is 0.0989. The molecule has 0 heterocycles. The van der Waals surface area contributed by atoms with Crippen molar-refractivity contribution in [2.24, 2.45) is 11.7 Å². The molecule has 0 spiro atoms. The van der Waals surface area contributed by atoms with Crippen molar-refractivity contribution in [3.8, 4) is 5.75 Å². The zero-order chi connectivity index (χ0) is 14.0. The van der Waals surface area contributed by atoms with Gasteiger partial charge in [-0.05, 0) is 50.9 Å². The molecule has 104 valence electrons. The zero-order valence-electron chi connectivity index (χ0n) is 11.9. The average molecular weight is 261 g/mol. The van der Waals surface area contributed by atoms with Gasteiger partial charge in [-0.15, -0.1) is 0 Å². The summed E-state index contributed by atoms with van der Waals surface area (Å²) >= 11 is 0. The van der Waals surface area contributed by atoms with E-state index in [2.05, 4.69) is 18.9 Å². The summed E-state index contributed by atoms with van der Waals surface area (Å²) in [6.45, 7) is 3.10. The number of methoxy groups -OCH3 is 1. The Bertz CT molecular complexity index is 468. The largest absolute Gasteiger partial charge is 0.496 e. The summed E-state index contributed by atoms with van der Waals surface area (Å²) in [6.07, 6.45) is 2.69. The maximum absolute atomic E-state index is 7.53. The first kappa shape index (κ1) is 13.9. The molecule has 0 amide bonds. The predicted octanol–water partition coefficient (Wildman–Crippen LogP) is 2.21. The summed E-state index contributed by atoms with van der Waals surface area (Å²) in [6, 6.07) is 6.26. The van der Waals surface area contributed by atoms with Crippen molar-refractivity contribution in [3.05, 3.63) is 29.3 Å². The lowest BCUT2D eigenvalue weighted by molar-refractivity contribution is 0.223. The summed E-state index contributed by atoms with van der Waals surface area (Å²) < 4.78 is 5.40. The Morgan fingerprint density at radius 3 is 2.74 bits per heavy atom. The third-order valence-electron chi connectivity index (χ3n) is 4.01. The molecule has 1 aromatic carbocycles. The van der Waals surface area contributed by atoms with Crippen LogP contribution in [0, 0.1) is 11.3 Å². The van der Waals surface area contributed by atoms with Gasteiger partial charge in [-0.2, -0.15) is 0 Å². The third kappa shape index (κ3) is 3.26. The fourth-order valence-corrected chi connectivity index (χ4v) is 2.42. The van der Waals surface area contributed by atoms with E-state index >= 15 is 0 Å². The molecule has 3 N–H and O–H groups in total. The van der Waals surface area contributed by atoms with Gasteiger partial charge in [-0.1, -0.05) is 0 Å². The Balaban J connectivity index is 2.16.